The molecule has 0 spiro atoms. The zero-order chi connectivity index (χ0) is 15.2. The number of ether oxygens (including phenoxy) is 1. The molecule has 1 rings (SSSR count). The van der Waals surface area contributed by atoms with Gasteiger partial charge in [0.1, 0.15) is 0 Å². The van der Waals surface area contributed by atoms with Crippen LogP contribution in [0.2, 0.25) is 0 Å². The van der Waals surface area contributed by atoms with Crippen molar-refractivity contribution in [1.82, 2.24) is 4.90 Å². The normalized spacial score (nSPS) is 18.8. The molecule has 1 unspecified atom stereocenters. The van der Waals surface area contributed by atoms with Gasteiger partial charge in [0.05, 0.1) is 19.1 Å². The fraction of sp³-hybridized carbons (Fsp3) is 0.857. The van der Waals surface area contributed by atoms with Gasteiger partial charge in [0, 0.05) is 27.1 Å². The molecule has 1 amide bonds. The molecule has 1 aliphatic carbocycles. The van der Waals surface area contributed by atoms with E-state index in [1.165, 1.54) is 12.0 Å². The first-order valence-electron chi connectivity index (χ1n) is 7.01. The van der Waals surface area contributed by atoms with Crippen molar-refractivity contribution in [2.75, 3.05) is 27.3 Å². The van der Waals surface area contributed by atoms with Crippen LogP contribution in [0.4, 0.5) is 0 Å². The molecular formula is C14H25NO5. The van der Waals surface area contributed by atoms with Gasteiger partial charge in [0.15, 0.2) is 0 Å². The lowest BCUT2D eigenvalue weighted by molar-refractivity contribution is -0.141. The van der Waals surface area contributed by atoms with Crippen molar-refractivity contribution in [1.29, 1.82) is 0 Å². The minimum atomic E-state index is -0.846. The molecule has 116 valence electrons. The highest BCUT2D eigenvalue weighted by molar-refractivity contribution is 5.78. The number of hydrogen-bond donors (Lipinski definition) is 2. The van der Waals surface area contributed by atoms with Crippen LogP contribution in [0.15, 0.2) is 0 Å². The van der Waals surface area contributed by atoms with Crippen molar-refractivity contribution in [2.24, 2.45) is 5.41 Å². The van der Waals surface area contributed by atoms with Gasteiger partial charge >= 0.3 is 5.97 Å². The van der Waals surface area contributed by atoms with E-state index < -0.39 is 17.5 Å². The largest absolute Gasteiger partial charge is 0.481 e. The average Bonchev–Trinajstić information content (AvgIpc) is 2.76. The number of carbonyl (C=O) groups is 2. The number of amides is 1. The van der Waals surface area contributed by atoms with E-state index in [9.17, 15) is 14.7 Å². The molecule has 0 aliphatic heterocycles. The van der Waals surface area contributed by atoms with Crippen molar-refractivity contribution in [2.45, 2.75) is 44.6 Å². The van der Waals surface area contributed by atoms with E-state index in [0.717, 1.165) is 25.7 Å². The van der Waals surface area contributed by atoms with Gasteiger partial charge < -0.3 is 19.8 Å². The van der Waals surface area contributed by atoms with Crippen LogP contribution in [0.25, 0.3) is 0 Å². The highest BCUT2D eigenvalue weighted by atomic mass is 16.5. The van der Waals surface area contributed by atoms with Crippen LogP contribution in [0.3, 0.4) is 0 Å². The van der Waals surface area contributed by atoms with Gasteiger partial charge in [0.2, 0.25) is 5.91 Å². The molecular weight excluding hydrogens is 262 g/mol. The molecule has 2 N–H and O–H groups in total. The van der Waals surface area contributed by atoms with Crippen LogP contribution in [0.1, 0.15) is 38.5 Å². The number of aliphatic hydroxyl groups is 1. The molecule has 6 heteroatoms. The lowest BCUT2D eigenvalue weighted by Crippen LogP contribution is -2.39. The highest BCUT2D eigenvalue weighted by Crippen LogP contribution is 2.44. The number of methoxy groups -OCH3 is 1. The zero-order valence-electron chi connectivity index (χ0n) is 12.3. The predicted molar refractivity (Wildman–Crippen MR) is 73.3 cm³/mol. The Morgan fingerprint density at radius 2 is 1.90 bits per heavy atom. The Balaban J connectivity index is 2.55. The first-order chi connectivity index (χ1) is 9.38. The summed E-state index contributed by atoms with van der Waals surface area (Å²) in [6.07, 6.45) is 3.13. The molecule has 1 atom stereocenters. The Morgan fingerprint density at radius 1 is 1.30 bits per heavy atom. The summed E-state index contributed by atoms with van der Waals surface area (Å²) in [7, 11) is 3.12. The van der Waals surface area contributed by atoms with Crippen LogP contribution in [-0.2, 0) is 14.3 Å². The van der Waals surface area contributed by atoms with Gasteiger partial charge in [-0.25, -0.2) is 0 Å². The number of carboxylic acid groups (broad SMARTS) is 1. The summed E-state index contributed by atoms with van der Waals surface area (Å²) >= 11 is 0. The van der Waals surface area contributed by atoms with Crippen molar-refractivity contribution in [3.8, 4) is 0 Å². The quantitative estimate of drug-likeness (QED) is 0.692. The number of aliphatic carboxylic acids is 1. The number of hydrogen-bond acceptors (Lipinski definition) is 4. The SMILES string of the molecule is COCC(O)CN(C)C(=O)CC1(CC(=O)O)CCCC1. The number of aliphatic hydroxyl groups excluding tert-OH is 1. The predicted octanol–water partition coefficient (Wildman–Crippen LogP) is 0.877. The molecule has 0 aromatic carbocycles. The summed E-state index contributed by atoms with van der Waals surface area (Å²) in [6.45, 7) is 0.383. The topological polar surface area (TPSA) is 87.1 Å². The van der Waals surface area contributed by atoms with Crippen molar-refractivity contribution < 1.29 is 24.5 Å². The van der Waals surface area contributed by atoms with Crippen LogP contribution < -0.4 is 0 Å². The third kappa shape index (κ3) is 5.09. The second kappa shape index (κ2) is 7.59. The molecule has 20 heavy (non-hydrogen) atoms. The van der Waals surface area contributed by atoms with Crippen LogP contribution >= 0.6 is 0 Å². The van der Waals surface area contributed by atoms with E-state index in [1.54, 1.807) is 7.05 Å². The maximum Gasteiger partial charge on any atom is 0.303 e. The second-order valence-electron chi connectivity index (χ2n) is 5.84. The highest BCUT2D eigenvalue weighted by Gasteiger charge is 2.38. The summed E-state index contributed by atoms with van der Waals surface area (Å²) in [5.41, 5.74) is -0.399. The third-order valence-electron chi connectivity index (χ3n) is 3.99. The number of carboxylic acids is 1. The Kier molecular flexibility index (Phi) is 6.42. The molecule has 0 saturated heterocycles. The molecule has 0 aromatic heterocycles. The molecule has 6 nitrogen and oxygen atoms in total. The smallest absolute Gasteiger partial charge is 0.303 e. The monoisotopic (exact) mass is 287 g/mol. The molecule has 0 heterocycles. The van der Waals surface area contributed by atoms with Gasteiger partial charge in [-0.2, -0.15) is 0 Å². The number of carbonyl (C=O) groups excluding carboxylic acids is 1. The molecule has 1 saturated carbocycles. The standard InChI is InChI=1S/C14H25NO5/c1-15(9-11(16)10-20-2)12(17)7-14(8-13(18)19)5-3-4-6-14/h11,16H,3-10H2,1-2H3,(H,18,19). The van der Waals surface area contributed by atoms with Gasteiger partial charge in [-0.05, 0) is 18.3 Å². The van der Waals surface area contributed by atoms with Gasteiger partial charge in [-0.3, -0.25) is 9.59 Å². The Labute approximate surface area is 119 Å². The maximum atomic E-state index is 12.2. The van der Waals surface area contributed by atoms with Crippen molar-refractivity contribution >= 4 is 11.9 Å². The Bertz CT molecular complexity index is 338. The van der Waals surface area contributed by atoms with Gasteiger partial charge in [-0.15, -0.1) is 0 Å². The van der Waals surface area contributed by atoms with E-state index in [2.05, 4.69) is 0 Å². The molecule has 0 aromatic rings. The van der Waals surface area contributed by atoms with E-state index in [-0.39, 0.29) is 31.9 Å². The third-order valence-corrected chi connectivity index (χ3v) is 3.99. The number of likely N-dealkylation sites (N-methyl/N-ethyl adjacent to an activating group) is 1. The van der Waals surface area contributed by atoms with Gasteiger partial charge in [-0.1, -0.05) is 12.8 Å². The lowest BCUT2D eigenvalue weighted by Gasteiger charge is -2.29. The minimum Gasteiger partial charge on any atom is -0.481 e. The summed E-state index contributed by atoms with van der Waals surface area (Å²) < 4.78 is 4.82. The minimum absolute atomic E-state index is 0.0488. The molecule has 1 fully saturated rings. The molecule has 1 aliphatic rings. The van der Waals surface area contributed by atoms with E-state index in [1.807, 2.05) is 0 Å². The summed E-state index contributed by atoms with van der Waals surface area (Å²) in [5.74, 6) is -0.954. The Hall–Kier alpha value is -1.14. The first kappa shape index (κ1) is 16.9. The molecule has 0 radical (unpaired) electrons. The first-order valence-corrected chi connectivity index (χ1v) is 7.01. The maximum absolute atomic E-state index is 12.2. The average molecular weight is 287 g/mol. The summed E-state index contributed by atoms with van der Waals surface area (Å²) in [6, 6.07) is 0. The van der Waals surface area contributed by atoms with E-state index in [4.69, 9.17) is 9.84 Å². The summed E-state index contributed by atoms with van der Waals surface area (Å²) in [4.78, 5) is 24.7. The fourth-order valence-corrected chi connectivity index (χ4v) is 2.98. The second-order valence-corrected chi connectivity index (χ2v) is 5.84. The van der Waals surface area contributed by atoms with Gasteiger partial charge in [0.25, 0.3) is 0 Å². The van der Waals surface area contributed by atoms with Crippen molar-refractivity contribution in [3.63, 3.8) is 0 Å². The van der Waals surface area contributed by atoms with Crippen LogP contribution in [-0.4, -0.2) is 60.4 Å². The molecule has 0 bridgehead atoms. The lowest BCUT2D eigenvalue weighted by atomic mass is 9.79. The van der Waals surface area contributed by atoms with Crippen LogP contribution in [0.5, 0.6) is 0 Å². The number of rotatable bonds is 8. The fourth-order valence-electron chi connectivity index (χ4n) is 2.98. The van der Waals surface area contributed by atoms with Crippen LogP contribution in [0, 0.1) is 5.41 Å². The van der Waals surface area contributed by atoms with Crippen molar-refractivity contribution in [3.05, 3.63) is 0 Å². The van der Waals surface area contributed by atoms with E-state index in [0.29, 0.717) is 0 Å². The zero-order valence-corrected chi connectivity index (χ0v) is 12.3. The van der Waals surface area contributed by atoms with E-state index >= 15 is 0 Å². The number of nitrogens with zero attached hydrogens (tertiary/aromatic N) is 1. The Morgan fingerprint density at radius 3 is 2.40 bits per heavy atom. The summed E-state index contributed by atoms with van der Waals surface area (Å²) in [5, 5.41) is 18.7.